The number of carbonyl (C=O) groups is 1. The molecular weight excluding hydrogens is 324 g/mol. The molecule has 0 fully saturated rings. The Bertz CT molecular complexity index is 36.2. The zero-order valence-electron chi connectivity index (χ0n) is 3.90. The fourth-order valence-electron chi connectivity index (χ4n) is 0. The van der Waals surface area contributed by atoms with E-state index in [2.05, 4.69) is 6.79 Å². The maximum atomic E-state index is 8.00. The minimum atomic E-state index is -1.66. The minimum absolute atomic E-state index is 0. The molecule has 0 saturated heterocycles. The van der Waals surface area contributed by atoms with Gasteiger partial charge < -0.3 is 9.59 Å². The molecule has 0 N–H and O–H groups in total. The molecule has 0 saturated carbocycles. The van der Waals surface area contributed by atoms with E-state index >= 15 is 0 Å². The van der Waals surface area contributed by atoms with E-state index < -0.39 is 13.0 Å². The fraction of sp³-hybridized carbons (Fsp3) is 0. The quantitative estimate of drug-likeness (QED) is 0.385. The predicted molar refractivity (Wildman–Crippen MR) is 31.4 cm³/mol. The summed E-state index contributed by atoms with van der Waals surface area (Å²) < 4.78 is 0. The Morgan fingerprint density at radius 2 is 1.11 bits per heavy atom. The van der Waals surface area contributed by atoms with Crippen LogP contribution in [0.15, 0.2) is 0 Å². The monoisotopic (exact) mass is 326 g/mol. The fourth-order valence-corrected chi connectivity index (χ4v) is 0. The maximum Gasteiger partial charge on any atom is 0 e. The molecule has 0 aliphatic heterocycles. The summed E-state index contributed by atoms with van der Waals surface area (Å²) in [5, 5.41) is 0. The van der Waals surface area contributed by atoms with E-state index in [0.717, 1.165) is 0 Å². The van der Waals surface area contributed by atoms with Crippen molar-refractivity contribution < 1.29 is 39.3 Å². The molecule has 0 amide bonds. The first kappa shape index (κ1) is 22.4. The molecule has 0 aliphatic rings. The first-order valence-corrected chi connectivity index (χ1v) is 7.23. The van der Waals surface area contributed by atoms with Crippen molar-refractivity contribution in [3.8, 4) is 0 Å². The molecule has 0 unspecified atom stereocenters. The third-order valence-electron chi connectivity index (χ3n) is 0. The van der Waals surface area contributed by atoms with Gasteiger partial charge in [0.15, 0.2) is 0 Å². The molecule has 0 heterocycles. The van der Waals surface area contributed by atoms with Crippen molar-refractivity contribution >= 4 is 42.7 Å². The van der Waals surface area contributed by atoms with Crippen molar-refractivity contribution in [3.05, 3.63) is 0 Å². The molecule has 2 nitrogen and oxygen atoms in total. The van der Waals surface area contributed by atoms with Crippen LogP contribution in [0.2, 0.25) is 0 Å². The van der Waals surface area contributed by atoms with Crippen LogP contribution in [-0.2, 0) is 39.3 Å². The third kappa shape index (κ3) is 280. The molecule has 7 heteroatoms. The third-order valence-corrected chi connectivity index (χ3v) is 0. The summed E-state index contributed by atoms with van der Waals surface area (Å²) in [6, 6.07) is 0. The van der Waals surface area contributed by atoms with Crippen molar-refractivity contribution in [2.45, 2.75) is 0 Å². The molecule has 0 spiro atoms. The Morgan fingerprint density at radius 3 is 1.11 bits per heavy atom. The zero-order chi connectivity index (χ0) is 7.58. The molecule has 0 aliphatic carbocycles. The van der Waals surface area contributed by atoms with E-state index in [1.54, 1.807) is 0 Å². The van der Waals surface area contributed by atoms with Gasteiger partial charge in [-0.3, -0.25) is 6.79 Å². The van der Waals surface area contributed by atoms with Crippen molar-refractivity contribution in [2.75, 3.05) is 0 Å². The van der Waals surface area contributed by atoms with Gasteiger partial charge in [0.05, 0.1) is 0 Å². The maximum absolute atomic E-state index is 8.00. The molecule has 9 heavy (non-hydrogen) atoms. The summed E-state index contributed by atoms with van der Waals surface area (Å²) in [7, 11) is 14.8. The van der Waals surface area contributed by atoms with Crippen LogP contribution in [0.1, 0.15) is 0 Å². The number of rotatable bonds is 0. The van der Waals surface area contributed by atoms with Crippen LogP contribution in [0, 0.1) is 0 Å². The Morgan fingerprint density at radius 1 is 1.11 bits per heavy atom. The molecule has 0 rings (SSSR count). The Labute approximate surface area is 81.4 Å². The summed E-state index contributed by atoms with van der Waals surface area (Å²) in [6.45, 7) is 5.25. The first-order valence-electron chi connectivity index (χ1n) is 0.902. The molecule has 63 valence electrons. The second-order valence-electron chi connectivity index (χ2n) is 0.143. The predicted octanol–water partition coefficient (Wildman–Crippen LogP) is 1.60. The molecule has 0 aromatic heterocycles. The molecule has 0 atom stereocenters. The Kier molecular flexibility index (Phi) is 86.0. The van der Waals surface area contributed by atoms with Crippen LogP contribution >= 0.6 is 29.1 Å². The zero-order valence-corrected chi connectivity index (χ0v) is 8.85. The van der Waals surface area contributed by atoms with E-state index in [1.165, 1.54) is 0 Å². The summed E-state index contributed by atoms with van der Waals surface area (Å²) in [5.74, 6) is 0. The minimum Gasteiger partial charge on any atom is 0 e. The van der Waals surface area contributed by atoms with Crippen LogP contribution in [0.25, 0.3) is 0 Å². The molecule has 1 radical (unpaired) electrons. The second-order valence-corrected chi connectivity index (χ2v) is 7.61. The smallest absolute Gasteiger partial charge is 0 e. The standard InChI is InChI=1S/CH2O.CHO.3ClH.Co.Rh/c2*1-2;;;;;/h1H2;1H;3*1H;;/q;-1;;;;;+3/p-3. The van der Waals surface area contributed by atoms with Gasteiger partial charge in [-0.1, -0.05) is 0 Å². The summed E-state index contributed by atoms with van der Waals surface area (Å²) in [6.07, 6.45) is 0. The van der Waals surface area contributed by atoms with Crippen molar-refractivity contribution in [1.29, 1.82) is 0 Å². The molecular formula is C2H3Cl3CoO2Rh-. The van der Waals surface area contributed by atoms with E-state index in [1.807, 2.05) is 6.79 Å². The van der Waals surface area contributed by atoms with Crippen LogP contribution < -0.4 is 0 Å². The topological polar surface area (TPSA) is 34.1 Å². The SMILES string of the molecule is C=O.[CH-]=O.[Cl][Rh]([Cl])[Cl].[Co]. The summed E-state index contributed by atoms with van der Waals surface area (Å²) in [4.78, 5) is 15.8. The summed E-state index contributed by atoms with van der Waals surface area (Å²) in [5.41, 5.74) is 0. The first-order chi connectivity index (χ1) is 3.73. The van der Waals surface area contributed by atoms with Crippen LogP contribution in [0.4, 0.5) is 0 Å². The van der Waals surface area contributed by atoms with Gasteiger partial charge in [-0.05, 0) is 0 Å². The number of hydrogen-bond acceptors (Lipinski definition) is 2. The van der Waals surface area contributed by atoms with E-state index in [4.69, 9.17) is 38.7 Å². The van der Waals surface area contributed by atoms with Gasteiger partial charge in [0.2, 0.25) is 0 Å². The van der Waals surface area contributed by atoms with Gasteiger partial charge in [-0.15, -0.1) is 0 Å². The van der Waals surface area contributed by atoms with Gasteiger partial charge in [0.1, 0.15) is 6.79 Å². The summed E-state index contributed by atoms with van der Waals surface area (Å²) >= 11 is -1.66. The van der Waals surface area contributed by atoms with Crippen LogP contribution in [0.5, 0.6) is 0 Å². The average Bonchev–Trinajstić information content (AvgIpc) is 1.75. The number of hydrogen-bond donors (Lipinski definition) is 0. The average molecular weight is 327 g/mol. The van der Waals surface area contributed by atoms with E-state index in [0.29, 0.717) is 0 Å². The van der Waals surface area contributed by atoms with Gasteiger partial charge in [-0.2, -0.15) is 0 Å². The van der Waals surface area contributed by atoms with Gasteiger partial charge in [-0.25, -0.2) is 0 Å². The molecule has 0 aromatic carbocycles. The van der Waals surface area contributed by atoms with Gasteiger partial charge in [0.25, 0.3) is 0 Å². The Hall–Kier alpha value is 1.34. The normalized spacial score (nSPS) is 5.89. The van der Waals surface area contributed by atoms with Crippen molar-refractivity contribution in [3.63, 3.8) is 0 Å². The van der Waals surface area contributed by atoms with Crippen molar-refractivity contribution in [2.24, 2.45) is 0 Å². The van der Waals surface area contributed by atoms with E-state index in [-0.39, 0.29) is 16.8 Å². The van der Waals surface area contributed by atoms with Crippen LogP contribution in [-0.4, -0.2) is 13.6 Å². The van der Waals surface area contributed by atoms with Crippen LogP contribution in [0.3, 0.4) is 0 Å². The molecule has 0 bridgehead atoms. The van der Waals surface area contributed by atoms with Gasteiger partial charge >= 0.3 is 42.1 Å². The number of carbonyl (C=O) groups excluding carboxylic acids is 2. The van der Waals surface area contributed by atoms with Crippen molar-refractivity contribution in [1.82, 2.24) is 0 Å². The second kappa shape index (κ2) is 34.5. The molecule has 0 aromatic rings. The number of halogens is 3. The van der Waals surface area contributed by atoms with Gasteiger partial charge in [0, 0.05) is 16.8 Å². The largest absolute Gasteiger partial charge is 0 e. The van der Waals surface area contributed by atoms with E-state index in [9.17, 15) is 0 Å². The Balaban J connectivity index is -0.0000000221.